The maximum absolute atomic E-state index is 12.0. The largest absolute Gasteiger partial charge is 0.468 e. The first-order chi connectivity index (χ1) is 6.18. The molecule has 0 unspecified atom stereocenters. The van der Waals surface area contributed by atoms with Gasteiger partial charge in [0.05, 0.1) is 13.1 Å². The van der Waals surface area contributed by atoms with Gasteiger partial charge in [0, 0.05) is 12.8 Å². The van der Waals surface area contributed by atoms with Crippen molar-refractivity contribution in [2.45, 2.75) is 12.8 Å². The molecule has 1 saturated heterocycles. The third-order valence-electron chi connectivity index (χ3n) is 1.60. The molecule has 68 valence electrons. The third-order valence-corrected chi connectivity index (χ3v) is 1.60. The van der Waals surface area contributed by atoms with Crippen molar-refractivity contribution in [3.8, 4) is 17.9 Å². The van der Waals surface area contributed by atoms with Gasteiger partial charge in [-0.05, 0) is 0 Å². The maximum Gasteiger partial charge on any atom is 0.436 e. The molecular weight excluding hydrogens is 170 g/mol. The molecule has 0 aromatic rings. The van der Waals surface area contributed by atoms with Crippen LogP contribution < -0.4 is 5.32 Å². The number of hydrogen-bond donors (Lipinski definition) is 1. The van der Waals surface area contributed by atoms with Gasteiger partial charge in [-0.15, -0.1) is 0 Å². The summed E-state index contributed by atoms with van der Waals surface area (Å²) in [5.41, 5.74) is 0. The molecule has 0 saturated carbocycles. The van der Waals surface area contributed by atoms with E-state index in [0.717, 1.165) is 17.9 Å². The van der Waals surface area contributed by atoms with Crippen LogP contribution in [-0.4, -0.2) is 19.5 Å². The summed E-state index contributed by atoms with van der Waals surface area (Å²) < 4.78 is 12.0. The Morgan fingerprint density at radius 2 is 1.38 bits per heavy atom. The Hall–Kier alpha value is -1.58. The van der Waals surface area contributed by atoms with Crippen LogP contribution in [0.2, 0.25) is 0 Å². The maximum atomic E-state index is 12.0. The molecule has 0 aliphatic carbocycles. The molecule has 1 aliphatic rings. The highest BCUT2D eigenvalue weighted by atomic mass is 19.1. The van der Waals surface area contributed by atoms with Gasteiger partial charge in [0.25, 0.3) is 0 Å². The lowest BCUT2D eigenvalue weighted by Gasteiger charge is -1.98. The van der Waals surface area contributed by atoms with E-state index in [2.05, 4.69) is 5.32 Å². The van der Waals surface area contributed by atoms with E-state index >= 15 is 0 Å². The minimum atomic E-state index is -3.54. The lowest BCUT2D eigenvalue weighted by molar-refractivity contribution is -0.635. The molecule has 0 amide bonds. The first kappa shape index (κ1) is 11.4. The predicted molar refractivity (Wildman–Crippen MR) is 44.6 cm³/mol. The van der Waals surface area contributed by atoms with Crippen molar-refractivity contribution >= 4 is 6.42 Å². The van der Waals surface area contributed by atoms with Crippen molar-refractivity contribution in [2.24, 2.45) is 0 Å². The van der Waals surface area contributed by atoms with Crippen molar-refractivity contribution in [3.05, 3.63) is 0 Å². The molecule has 0 bridgehead atoms. The summed E-state index contributed by atoms with van der Waals surface area (Å²) in [5, 5.41) is 25.6. The standard InChI is InChI=1S/C4H9N.C3BFN3/c1-2-4-5-3-1;5-4(1-6,2-7)3-8/h5H,1-4H2;/q;-1/p+1. The monoisotopic (exact) mass is 180 g/mol. The number of nitriles is 3. The predicted octanol–water partition coefficient (Wildman–Crippen LogP) is -0.567. The van der Waals surface area contributed by atoms with Crippen molar-refractivity contribution in [3.63, 3.8) is 0 Å². The van der Waals surface area contributed by atoms with Crippen molar-refractivity contribution < 1.29 is 9.63 Å². The summed E-state index contributed by atoms with van der Waals surface area (Å²) in [6.45, 7) is 2.75. The molecule has 0 aromatic heterocycles. The van der Waals surface area contributed by atoms with Crippen LogP contribution in [0.4, 0.5) is 4.32 Å². The molecule has 0 aromatic carbocycles. The second-order valence-electron chi connectivity index (χ2n) is 2.72. The Balaban J connectivity index is 0.000000243. The molecule has 4 nitrogen and oxygen atoms in total. The fraction of sp³-hybridized carbons (Fsp3) is 0.571. The molecule has 1 rings (SSSR count). The number of quaternary nitrogens is 1. The molecule has 1 heterocycles. The van der Waals surface area contributed by atoms with Gasteiger partial charge in [-0.25, -0.2) is 15.8 Å². The molecule has 0 spiro atoms. The van der Waals surface area contributed by atoms with Crippen LogP contribution >= 0.6 is 0 Å². The SMILES string of the molecule is C1CC[NH2+]C1.N#C[B-](F)(C#N)C#N. The first-order valence-corrected chi connectivity index (χ1v) is 4.07. The lowest BCUT2D eigenvalue weighted by Crippen LogP contribution is -2.80. The van der Waals surface area contributed by atoms with E-state index in [0.29, 0.717) is 0 Å². The van der Waals surface area contributed by atoms with Gasteiger partial charge in [0.15, 0.2) is 0 Å². The smallest absolute Gasteiger partial charge is 0.436 e. The average molecular weight is 180 g/mol. The Morgan fingerprint density at radius 1 is 1.00 bits per heavy atom. The quantitative estimate of drug-likeness (QED) is 0.506. The number of hydrogen-bond acceptors (Lipinski definition) is 3. The van der Waals surface area contributed by atoms with Crippen molar-refractivity contribution in [1.29, 1.82) is 15.8 Å². The second-order valence-corrected chi connectivity index (χ2v) is 2.72. The van der Waals surface area contributed by atoms with E-state index in [4.69, 9.17) is 15.8 Å². The van der Waals surface area contributed by atoms with Gasteiger partial charge < -0.3 is 9.63 Å². The summed E-state index contributed by atoms with van der Waals surface area (Å²) in [5.74, 6) is 2.85. The highest BCUT2D eigenvalue weighted by Gasteiger charge is 2.21. The van der Waals surface area contributed by atoms with Gasteiger partial charge in [-0.3, -0.25) is 0 Å². The minimum Gasteiger partial charge on any atom is -0.468 e. The summed E-state index contributed by atoms with van der Waals surface area (Å²) in [7, 11) is 0. The van der Waals surface area contributed by atoms with Crippen LogP contribution in [-0.2, 0) is 0 Å². The lowest BCUT2D eigenvalue weighted by atomic mass is 9.48. The fourth-order valence-corrected chi connectivity index (χ4v) is 0.808. The third kappa shape index (κ3) is 4.79. The highest BCUT2D eigenvalue weighted by molar-refractivity contribution is 6.93. The molecule has 0 atom stereocenters. The van der Waals surface area contributed by atoms with E-state index in [9.17, 15) is 4.32 Å². The Labute approximate surface area is 76.5 Å². The fourth-order valence-electron chi connectivity index (χ4n) is 0.808. The zero-order valence-electron chi connectivity index (χ0n) is 7.20. The van der Waals surface area contributed by atoms with Crippen LogP contribution in [0.25, 0.3) is 0 Å². The van der Waals surface area contributed by atoms with E-state index in [1.807, 2.05) is 0 Å². The molecular formula is C7H10BFN4. The summed E-state index contributed by atoms with van der Waals surface area (Å²) >= 11 is 0. The molecule has 2 N–H and O–H groups in total. The van der Waals surface area contributed by atoms with Crippen molar-refractivity contribution in [2.75, 3.05) is 13.1 Å². The van der Waals surface area contributed by atoms with Gasteiger partial charge in [0.1, 0.15) is 0 Å². The van der Waals surface area contributed by atoms with Gasteiger partial charge in [0.2, 0.25) is 0 Å². The van der Waals surface area contributed by atoms with Gasteiger partial charge in [-0.2, -0.15) is 0 Å². The van der Waals surface area contributed by atoms with E-state index in [1.165, 1.54) is 25.9 Å². The van der Waals surface area contributed by atoms with Crippen LogP contribution in [0.1, 0.15) is 12.8 Å². The molecule has 6 heteroatoms. The first-order valence-electron chi connectivity index (χ1n) is 4.07. The molecule has 13 heavy (non-hydrogen) atoms. The second kappa shape index (κ2) is 6.00. The van der Waals surface area contributed by atoms with Crippen LogP contribution in [0.5, 0.6) is 0 Å². The Morgan fingerprint density at radius 3 is 1.46 bits per heavy atom. The highest BCUT2D eigenvalue weighted by Crippen LogP contribution is 1.96. The molecule has 1 aliphatic heterocycles. The summed E-state index contributed by atoms with van der Waals surface area (Å²) in [6.07, 6.45) is -0.653. The number of rotatable bonds is 0. The van der Waals surface area contributed by atoms with Gasteiger partial charge >= 0.3 is 6.42 Å². The van der Waals surface area contributed by atoms with E-state index in [-0.39, 0.29) is 0 Å². The Kier molecular flexibility index (Phi) is 5.27. The zero-order chi connectivity index (χ0) is 10.2. The van der Waals surface area contributed by atoms with Crippen LogP contribution in [0, 0.1) is 33.7 Å². The van der Waals surface area contributed by atoms with E-state index in [1.54, 1.807) is 0 Å². The zero-order valence-corrected chi connectivity index (χ0v) is 7.20. The number of nitrogens with two attached hydrogens (primary N) is 1. The number of nitrogens with zero attached hydrogens (tertiary/aromatic N) is 3. The topological polar surface area (TPSA) is 88.0 Å². The van der Waals surface area contributed by atoms with Crippen LogP contribution in [0.15, 0.2) is 0 Å². The average Bonchev–Trinajstić information content (AvgIpc) is 2.75. The Bertz CT molecular complexity index is 224. The van der Waals surface area contributed by atoms with Crippen molar-refractivity contribution in [1.82, 2.24) is 0 Å². The molecule has 1 fully saturated rings. The number of halogens is 1. The van der Waals surface area contributed by atoms with Gasteiger partial charge in [-0.1, -0.05) is 17.9 Å². The van der Waals surface area contributed by atoms with E-state index < -0.39 is 6.42 Å². The minimum absolute atomic E-state index is 0.951. The molecule has 0 radical (unpaired) electrons. The van der Waals surface area contributed by atoms with Crippen LogP contribution in [0.3, 0.4) is 0 Å². The summed E-state index contributed by atoms with van der Waals surface area (Å²) in [4.78, 5) is 0. The normalized spacial score (nSPS) is 14.3. The summed E-state index contributed by atoms with van der Waals surface area (Å²) in [6, 6.07) is 0.